The molecule has 0 radical (unpaired) electrons. The summed E-state index contributed by atoms with van der Waals surface area (Å²) in [7, 11) is 0. The van der Waals surface area contributed by atoms with Crippen LogP contribution < -0.4 is 4.90 Å². The van der Waals surface area contributed by atoms with Gasteiger partial charge in [-0.1, -0.05) is 23.5 Å². The van der Waals surface area contributed by atoms with Gasteiger partial charge in [-0.25, -0.2) is 4.98 Å². The predicted molar refractivity (Wildman–Crippen MR) is 90.2 cm³/mol. The summed E-state index contributed by atoms with van der Waals surface area (Å²) >= 11 is 1.48. The van der Waals surface area contributed by atoms with Crippen molar-refractivity contribution in [3.8, 4) is 0 Å². The first kappa shape index (κ1) is 15.4. The van der Waals surface area contributed by atoms with Crippen LogP contribution in [0.3, 0.4) is 0 Å². The van der Waals surface area contributed by atoms with E-state index in [-0.39, 0.29) is 0 Å². The van der Waals surface area contributed by atoms with Crippen LogP contribution in [0, 0.1) is 0 Å². The maximum Gasteiger partial charge on any atom is 0.282 e. The number of amides is 2. The van der Waals surface area contributed by atoms with Gasteiger partial charge in [0.15, 0.2) is 5.13 Å². The summed E-state index contributed by atoms with van der Waals surface area (Å²) in [5.74, 6) is -0.786. The van der Waals surface area contributed by atoms with E-state index in [0.717, 1.165) is 28.1 Å². The monoisotopic (exact) mass is 328 g/mol. The lowest BCUT2D eigenvalue weighted by Crippen LogP contribution is -2.23. The molecule has 0 bridgehead atoms. The van der Waals surface area contributed by atoms with Crippen LogP contribution in [0.2, 0.25) is 0 Å². The van der Waals surface area contributed by atoms with Gasteiger partial charge >= 0.3 is 0 Å². The smallest absolute Gasteiger partial charge is 0.282 e. The lowest BCUT2D eigenvalue weighted by molar-refractivity contribution is 0.0660. The molecule has 2 aromatic rings. The molecule has 0 saturated heterocycles. The maximum absolute atomic E-state index is 12.2. The zero-order valence-corrected chi connectivity index (χ0v) is 13.7. The maximum atomic E-state index is 12.2. The number of carbonyl (C=O) groups excluding carboxylic acids is 2. The molecule has 2 amide bonds. The molecule has 1 aromatic carbocycles. The Bertz CT molecular complexity index is 745. The highest BCUT2D eigenvalue weighted by Gasteiger charge is 2.35. The van der Waals surface area contributed by atoms with E-state index in [1.54, 1.807) is 30.5 Å². The Morgan fingerprint density at radius 3 is 2.35 bits per heavy atom. The molecular formula is C16H16N4O2S. The van der Waals surface area contributed by atoms with Crippen molar-refractivity contribution in [2.24, 2.45) is 5.10 Å². The molecule has 1 aliphatic rings. The second-order valence-electron chi connectivity index (χ2n) is 4.93. The van der Waals surface area contributed by atoms with Crippen molar-refractivity contribution in [2.75, 3.05) is 18.0 Å². The largest absolute Gasteiger partial charge is 0.349 e. The third-order valence-electron chi connectivity index (χ3n) is 3.62. The van der Waals surface area contributed by atoms with Crippen molar-refractivity contribution in [1.29, 1.82) is 0 Å². The standard InChI is InChI=1S/C16H16N4O2S/c1-3-19(4-2)16-17-9-11(23-16)10-18-20-14(21)12-7-5-6-8-13(12)15(20)22/h5-10H,3-4H2,1-2H3/b18-10-. The lowest BCUT2D eigenvalue weighted by atomic mass is 10.1. The number of thiazole rings is 1. The predicted octanol–water partition coefficient (Wildman–Crippen LogP) is 2.62. The summed E-state index contributed by atoms with van der Waals surface area (Å²) in [6, 6.07) is 6.74. The SMILES string of the molecule is CCN(CC)c1ncc(/C=N\N2C(=O)c3ccccc3C2=O)s1. The first-order chi connectivity index (χ1) is 11.2. The number of imide groups is 1. The molecule has 118 valence electrons. The number of rotatable bonds is 5. The van der Waals surface area contributed by atoms with Crippen LogP contribution in [0.25, 0.3) is 0 Å². The van der Waals surface area contributed by atoms with Crippen LogP contribution in [0.5, 0.6) is 0 Å². The molecule has 3 rings (SSSR count). The van der Waals surface area contributed by atoms with Gasteiger partial charge in [-0.15, -0.1) is 0 Å². The fourth-order valence-electron chi connectivity index (χ4n) is 2.37. The number of fused-ring (bicyclic) bond motifs is 1. The Hall–Kier alpha value is -2.54. The van der Waals surface area contributed by atoms with E-state index in [1.165, 1.54) is 17.6 Å². The number of hydrazone groups is 1. The summed E-state index contributed by atoms with van der Waals surface area (Å²) in [4.78, 5) is 31.7. The van der Waals surface area contributed by atoms with Crippen LogP contribution in [0.15, 0.2) is 35.6 Å². The molecule has 0 fully saturated rings. The highest BCUT2D eigenvalue weighted by molar-refractivity contribution is 7.17. The van der Waals surface area contributed by atoms with Gasteiger partial charge in [0.2, 0.25) is 0 Å². The van der Waals surface area contributed by atoms with E-state index < -0.39 is 11.8 Å². The Labute approximate surface area is 138 Å². The van der Waals surface area contributed by atoms with Crippen molar-refractivity contribution >= 4 is 34.5 Å². The average molecular weight is 328 g/mol. The summed E-state index contributed by atoms with van der Waals surface area (Å²) in [6.45, 7) is 5.88. The van der Waals surface area contributed by atoms with Crippen molar-refractivity contribution in [2.45, 2.75) is 13.8 Å². The normalized spacial score (nSPS) is 13.9. The molecule has 2 heterocycles. The molecule has 0 unspecified atom stereocenters. The van der Waals surface area contributed by atoms with Crippen LogP contribution >= 0.6 is 11.3 Å². The van der Waals surface area contributed by atoms with Crippen LogP contribution in [0.1, 0.15) is 39.4 Å². The number of aromatic nitrogens is 1. The van der Waals surface area contributed by atoms with E-state index in [2.05, 4.69) is 28.8 Å². The number of benzene rings is 1. The summed E-state index contributed by atoms with van der Waals surface area (Å²) in [6.07, 6.45) is 3.20. The second-order valence-corrected chi connectivity index (χ2v) is 5.97. The summed E-state index contributed by atoms with van der Waals surface area (Å²) in [5, 5.41) is 5.86. The molecule has 0 saturated carbocycles. The first-order valence-electron chi connectivity index (χ1n) is 7.38. The van der Waals surface area contributed by atoms with Gasteiger partial charge in [-0.3, -0.25) is 9.59 Å². The number of nitrogens with zero attached hydrogens (tertiary/aromatic N) is 4. The zero-order valence-electron chi connectivity index (χ0n) is 12.9. The molecule has 0 spiro atoms. The summed E-state index contributed by atoms with van der Waals surface area (Å²) < 4.78 is 0. The molecule has 6 nitrogen and oxygen atoms in total. The highest BCUT2D eigenvalue weighted by atomic mass is 32.1. The van der Waals surface area contributed by atoms with Gasteiger partial charge in [0, 0.05) is 19.3 Å². The minimum Gasteiger partial charge on any atom is -0.349 e. The van der Waals surface area contributed by atoms with E-state index >= 15 is 0 Å². The quantitative estimate of drug-likeness (QED) is 0.625. The van der Waals surface area contributed by atoms with Gasteiger partial charge < -0.3 is 4.90 Å². The van der Waals surface area contributed by atoms with Crippen molar-refractivity contribution in [3.63, 3.8) is 0 Å². The molecule has 1 aromatic heterocycles. The molecule has 0 N–H and O–H groups in total. The van der Waals surface area contributed by atoms with E-state index in [4.69, 9.17) is 0 Å². The third kappa shape index (κ3) is 2.75. The molecule has 0 aliphatic carbocycles. The molecule has 1 aliphatic heterocycles. The molecular weight excluding hydrogens is 312 g/mol. The Kier molecular flexibility index (Phi) is 4.20. The van der Waals surface area contributed by atoms with E-state index in [0.29, 0.717) is 11.1 Å². The van der Waals surface area contributed by atoms with Crippen molar-refractivity contribution in [1.82, 2.24) is 9.99 Å². The van der Waals surface area contributed by atoms with Gasteiger partial charge in [0.05, 0.1) is 22.2 Å². The molecule has 0 atom stereocenters. The molecule has 23 heavy (non-hydrogen) atoms. The van der Waals surface area contributed by atoms with Crippen LogP contribution in [-0.4, -0.2) is 41.1 Å². The van der Waals surface area contributed by atoms with Gasteiger partial charge in [-0.05, 0) is 26.0 Å². The van der Waals surface area contributed by atoms with Gasteiger partial charge in [0.1, 0.15) is 0 Å². The Morgan fingerprint density at radius 1 is 1.17 bits per heavy atom. The Balaban J connectivity index is 1.79. The zero-order chi connectivity index (χ0) is 16.4. The summed E-state index contributed by atoms with van der Waals surface area (Å²) in [5.41, 5.74) is 0.783. The Morgan fingerprint density at radius 2 is 1.78 bits per heavy atom. The van der Waals surface area contributed by atoms with Crippen LogP contribution in [-0.2, 0) is 0 Å². The topological polar surface area (TPSA) is 65.9 Å². The lowest BCUT2D eigenvalue weighted by Gasteiger charge is -2.16. The van der Waals surface area contributed by atoms with Crippen molar-refractivity contribution in [3.05, 3.63) is 46.5 Å². The highest BCUT2D eigenvalue weighted by Crippen LogP contribution is 2.24. The second kappa shape index (κ2) is 6.29. The van der Waals surface area contributed by atoms with E-state index in [9.17, 15) is 9.59 Å². The number of anilines is 1. The number of hydrogen-bond donors (Lipinski definition) is 0. The van der Waals surface area contributed by atoms with E-state index in [1.807, 2.05) is 0 Å². The minimum atomic E-state index is -0.393. The van der Waals surface area contributed by atoms with Gasteiger partial charge in [-0.2, -0.15) is 10.1 Å². The minimum absolute atomic E-state index is 0.391. The first-order valence-corrected chi connectivity index (χ1v) is 8.20. The average Bonchev–Trinajstić information content (AvgIpc) is 3.12. The van der Waals surface area contributed by atoms with Crippen LogP contribution in [0.4, 0.5) is 5.13 Å². The van der Waals surface area contributed by atoms with Gasteiger partial charge in [0.25, 0.3) is 11.8 Å². The van der Waals surface area contributed by atoms with Crippen molar-refractivity contribution < 1.29 is 9.59 Å². The fraction of sp³-hybridized carbons (Fsp3) is 0.250. The number of hydrogen-bond acceptors (Lipinski definition) is 6. The third-order valence-corrected chi connectivity index (χ3v) is 4.61. The number of carbonyl (C=O) groups is 2. The fourth-order valence-corrected chi connectivity index (χ4v) is 3.28. The molecule has 7 heteroatoms.